The van der Waals surface area contributed by atoms with Gasteiger partial charge in [-0.05, 0) is 46.0 Å². The highest BCUT2D eigenvalue weighted by Crippen LogP contribution is 2.39. The van der Waals surface area contributed by atoms with Gasteiger partial charge in [0.25, 0.3) is 0 Å². The Kier molecular flexibility index (Phi) is 4.93. The van der Waals surface area contributed by atoms with E-state index in [1.54, 1.807) is 0 Å². The molecule has 0 aliphatic carbocycles. The van der Waals surface area contributed by atoms with Crippen LogP contribution in [0.5, 0.6) is 0 Å². The van der Waals surface area contributed by atoms with Gasteiger partial charge in [0.1, 0.15) is 0 Å². The van der Waals surface area contributed by atoms with E-state index in [1.165, 1.54) is 5.19 Å². The topological polar surface area (TPSA) is 27.7 Å². The Morgan fingerprint density at radius 1 is 1.05 bits per heavy atom. The van der Waals surface area contributed by atoms with Crippen LogP contribution in [0.25, 0.3) is 0 Å². The van der Waals surface area contributed by atoms with Crippen molar-refractivity contribution in [3.05, 3.63) is 30.3 Å². The highest BCUT2D eigenvalue weighted by atomic mass is 28.4. The van der Waals surface area contributed by atoms with Crippen molar-refractivity contribution >= 4 is 20.6 Å². The molecule has 5 heteroatoms. The van der Waals surface area contributed by atoms with Crippen LogP contribution in [-0.4, -0.2) is 33.2 Å². The lowest BCUT2D eigenvalue weighted by atomic mass is 9.74. The summed E-state index contributed by atoms with van der Waals surface area (Å²) in [7, 11) is -2.08. The van der Waals surface area contributed by atoms with Crippen molar-refractivity contribution in [1.29, 1.82) is 0 Å². The minimum Gasteiger partial charge on any atom is -0.413 e. The van der Waals surface area contributed by atoms with Crippen molar-refractivity contribution in [2.75, 3.05) is 6.61 Å². The fraction of sp³-hybridized carbons (Fsp3) is 0.647. The highest BCUT2D eigenvalue weighted by Gasteiger charge is 2.52. The van der Waals surface area contributed by atoms with Crippen molar-refractivity contribution in [2.45, 2.75) is 64.7 Å². The fourth-order valence-electron chi connectivity index (χ4n) is 2.46. The van der Waals surface area contributed by atoms with Crippen molar-refractivity contribution in [3.8, 4) is 0 Å². The monoisotopic (exact) mass is 320 g/mol. The van der Waals surface area contributed by atoms with Gasteiger partial charge in [-0.25, -0.2) is 0 Å². The molecule has 1 aromatic rings. The third-order valence-electron chi connectivity index (χ3n) is 4.91. The predicted octanol–water partition coefficient (Wildman–Crippen LogP) is 3.60. The predicted molar refractivity (Wildman–Crippen MR) is 95.0 cm³/mol. The van der Waals surface area contributed by atoms with Crippen LogP contribution in [0.4, 0.5) is 0 Å². The Balaban J connectivity index is 1.95. The molecule has 1 saturated heterocycles. The van der Waals surface area contributed by atoms with Gasteiger partial charge in [-0.1, -0.05) is 37.3 Å². The SMILES string of the molecule is CC(CO[Si](C)(C)c1ccccc1)B1OC(C)(C)C(C)(C)O1. The van der Waals surface area contributed by atoms with E-state index in [4.69, 9.17) is 13.7 Å². The van der Waals surface area contributed by atoms with Gasteiger partial charge in [0, 0.05) is 12.4 Å². The number of rotatable bonds is 5. The maximum atomic E-state index is 6.30. The van der Waals surface area contributed by atoms with Gasteiger partial charge in [-0.3, -0.25) is 0 Å². The molecule has 122 valence electrons. The summed E-state index contributed by atoms with van der Waals surface area (Å²) in [4.78, 5) is 0. The van der Waals surface area contributed by atoms with E-state index in [0.29, 0.717) is 6.61 Å². The molecule has 3 nitrogen and oxygen atoms in total. The summed E-state index contributed by atoms with van der Waals surface area (Å²) in [6, 6.07) is 10.5. The zero-order valence-corrected chi connectivity index (χ0v) is 16.0. The Hall–Kier alpha value is -0.618. The molecular weight excluding hydrogens is 291 g/mol. The van der Waals surface area contributed by atoms with E-state index in [0.717, 1.165) is 0 Å². The molecule has 2 rings (SSSR count). The van der Waals surface area contributed by atoms with Crippen LogP contribution in [0, 0.1) is 0 Å². The lowest BCUT2D eigenvalue weighted by molar-refractivity contribution is 0.00578. The second kappa shape index (κ2) is 6.12. The largest absolute Gasteiger partial charge is 0.463 e. The molecule has 22 heavy (non-hydrogen) atoms. The van der Waals surface area contributed by atoms with Gasteiger partial charge >= 0.3 is 7.12 Å². The molecule has 1 aliphatic rings. The first kappa shape index (κ1) is 17.7. The van der Waals surface area contributed by atoms with Gasteiger partial charge in [0.05, 0.1) is 11.2 Å². The average molecular weight is 320 g/mol. The molecule has 1 heterocycles. The van der Waals surface area contributed by atoms with Crippen LogP contribution < -0.4 is 5.19 Å². The Labute approximate surface area is 136 Å². The molecule has 1 atom stereocenters. The molecule has 1 unspecified atom stereocenters. The second-order valence-electron chi connectivity index (χ2n) is 7.79. The van der Waals surface area contributed by atoms with Gasteiger partial charge in [0.15, 0.2) is 0 Å². The van der Waals surface area contributed by atoms with E-state index in [2.05, 4.69) is 72.0 Å². The summed E-state index contributed by atoms with van der Waals surface area (Å²) in [6.45, 7) is 15.6. The molecule has 0 aromatic heterocycles. The first-order chi connectivity index (χ1) is 10.1. The Morgan fingerprint density at radius 3 is 2.05 bits per heavy atom. The van der Waals surface area contributed by atoms with Crippen molar-refractivity contribution in [3.63, 3.8) is 0 Å². The zero-order valence-electron chi connectivity index (χ0n) is 15.0. The quantitative estimate of drug-likeness (QED) is 0.776. The standard InChI is InChI=1S/C17H29BO3Si/c1-14(18-20-16(2,3)17(4,5)21-18)13-19-22(6,7)15-11-9-8-10-12-15/h8-12,14H,13H2,1-7H3. The van der Waals surface area contributed by atoms with E-state index in [-0.39, 0.29) is 24.1 Å². The van der Waals surface area contributed by atoms with Crippen molar-refractivity contribution in [2.24, 2.45) is 0 Å². The second-order valence-corrected chi connectivity index (χ2v) is 11.7. The lowest BCUT2D eigenvalue weighted by Crippen LogP contribution is -2.46. The smallest absolute Gasteiger partial charge is 0.413 e. The van der Waals surface area contributed by atoms with E-state index >= 15 is 0 Å². The first-order valence-electron chi connectivity index (χ1n) is 8.10. The molecule has 1 fully saturated rings. The maximum Gasteiger partial charge on any atom is 0.463 e. The molecule has 0 bridgehead atoms. The summed E-state index contributed by atoms with van der Waals surface area (Å²) in [5.74, 6) is 0.205. The minimum absolute atomic E-state index is 0.203. The Morgan fingerprint density at radius 2 is 1.55 bits per heavy atom. The number of hydrogen-bond donors (Lipinski definition) is 0. The molecule has 1 aliphatic heterocycles. The highest BCUT2D eigenvalue weighted by molar-refractivity contribution is 6.84. The van der Waals surface area contributed by atoms with Crippen molar-refractivity contribution < 1.29 is 13.7 Å². The van der Waals surface area contributed by atoms with Gasteiger partial charge in [-0.2, -0.15) is 0 Å². The average Bonchev–Trinajstić information content (AvgIpc) is 2.66. The van der Waals surface area contributed by atoms with E-state index in [9.17, 15) is 0 Å². The van der Waals surface area contributed by atoms with Crippen LogP contribution in [0.2, 0.25) is 18.9 Å². The van der Waals surface area contributed by atoms with Crippen LogP contribution in [0.15, 0.2) is 30.3 Å². The van der Waals surface area contributed by atoms with Gasteiger partial charge in [0.2, 0.25) is 8.32 Å². The van der Waals surface area contributed by atoms with Crippen LogP contribution in [0.3, 0.4) is 0 Å². The Bertz CT molecular complexity index is 486. The summed E-state index contributed by atoms with van der Waals surface area (Å²) >= 11 is 0. The summed E-state index contributed by atoms with van der Waals surface area (Å²) in [5.41, 5.74) is -0.559. The van der Waals surface area contributed by atoms with E-state index in [1.807, 2.05) is 6.07 Å². The minimum atomic E-state index is -1.88. The number of benzene rings is 1. The maximum absolute atomic E-state index is 6.30. The molecule has 0 spiro atoms. The van der Waals surface area contributed by atoms with Gasteiger partial charge < -0.3 is 13.7 Å². The van der Waals surface area contributed by atoms with Crippen LogP contribution in [0.1, 0.15) is 34.6 Å². The summed E-state index contributed by atoms with van der Waals surface area (Å²) in [5, 5.41) is 1.32. The normalized spacial score (nSPS) is 21.9. The first-order valence-corrected chi connectivity index (χ1v) is 11.0. The molecule has 1 aromatic carbocycles. The van der Waals surface area contributed by atoms with E-state index < -0.39 is 8.32 Å². The molecular formula is C17H29BO3Si. The third-order valence-corrected chi connectivity index (χ3v) is 7.52. The fourth-order valence-corrected chi connectivity index (χ4v) is 4.30. The van der Waals surface area contributed by atoms with Crippen LogP contribution in [-0.2, 0) is 13.7 Å². The summed E-state index contributed by atoms with van der Waals surface area (Å²) < 4.78 is 18.5. The number of hydrogen-bond acceptors (Lipinski definition) is 3. The van der Waals surface area contributed by atoms with Crippen LogP contribution >= 0.6 is 0 Å². The summed E-state index contributed by atoms with van der Waals surface area (Å²) in [6.07, 6.45) is 0. The zero-order chi connectivity index (χ0) is 16.6. The lowest BCUT2D eigenvalue weighted by Gasteiger charge is -2.32. The third kappa shape index (κ3) is 3.65. The molecule has 0 N–H and O–H groups in total. The van der Waals surface area contributed by atoms with Crippen molar-refractivity contribution in [1.82, 2.24) is 0 Å². The molecule has 0 radical (unpaired) electrons. The molecule has 0 saturated carbocycles. The molecule has 0 amide bonds. The van der Waals surface area contributed by atoms with Gasteiger partial charge in [-0.15, -0.1) is 0 Å².